The lowest BCUT2D eigenvalue weighted by Crippen LogP contribution is -2.44. The summed E-state index contributed by atoms with van der Waals surface area (Å²) < 4.78 is 0. The monoisotopic (exact) mass is 388 g/mol. The summed E-state index contributed by atoms with van der Waals surface area (Å²) in [6.45, 7) is 0. The fourth-order valence-corrected chi connectivity index (χ4v) is 4.21. The Bertz CT molecular complexity index is 1010. The lowest BCUT2D eigenvalue weighted by molar-refractivity contribution is 0.179. The number of pyridine rings is 1. The normalized spacial score (nSPS) is 20.4. The number of H-pyrrole nitrogens is 1. The molecule has 1 saturated heterocycles. The van der Waals surface area contributed by atoms with E-state index in [2.05, 4.69) is 10.3 Å². The van der Waals surface area contributed by atoms with Gasteiger partial charge in [-0.3, -0.25) is 4.79 Å². The maximum Gasteiger partial charge on any atom is 0.322 e. The van der Waals surface area contributed by atoms with E-state index in [0.29, 0.717) is 12.1 Å². The van der Waals surface area contributed by atoms with Gasteiger partial charge in [0.05, 0.1) is 27.3 Å². The largest absolute Gasteiger partial charge is 0.329 e. The molecule has 0 saturated carbocycles. The van der Waals surface area contributed by atoms with Crippen LogP contribution in [0.25, 0.3) is 0 Å². The fourth-order valence-electron chi connectivity index (χ4n) is 3.88. The molecule has 4 rings (SSSR count). The van der Waals surface area contributed by atoms with Crippen molar-refractivity contribution in [1.82, 2.24) is 9.88 Å². The Labute approximate surface area is 159 Å². The Hall–Kier alpha value is -2.49. The number of halogens is 2. The third kappa shape index (κ3) is 2.74. The number of carbonyl (C=O) groups excluding carboxylic acids is 1. The first-order valence-electron chi connectivity index (χ1n) is 8.18. The van der Waals surface area contributed by atoms with E-state index in [1.54, 1.807) is 17.2 Å². The molecule has 2 bridgehead atoms. The van der Waals surface area contributed by atoms with Crippen LogP contribution < -0.4 is 10.9 Å². The highest BCUT2D eigenvalue weighted by molar-refractivity contribution is 6.42. The maximum atomic E-state index is 12.9. The molecule has 2 aromatic rings. The van der Waals surface area contributed by atoms with Gasteiger partial charge in [-0.05, 0) is 42.5 Å². The molecule has 132 valence electrons. The zero-order valence-corrected chi connectivity index (χ0v) is 15.1. The minimum atomic E-state index is -0.288. The summed E-state index contributed by atoms with van der Waals surface area (Å²) >= 11 is 12.0. The van der Waals surface area contributed by atoms with Crippen LogP contribution in [0.3, 0.4) is 0 Å². The number of benzene rings is 1. The van der Waals surface area contributed by atoms with Crippen molar-refractivity contribution in [3.05, 3.63) is 61.5 Å². The number of anilines is 1. The highest BCUT2D eigenvalue weighted by atomic mass is 35.5. The van der Waals surface area contributed by atoms with Crippen LogP contribution in [-0.2, 0) is 6.42 Å². The van der Waals surface area contributed by atoms with Gasteiger partial charge in [0.1, 0.15) is 6.07 Å². The Morgan fingerprint density at radius 3 is 2.81 bits per heavy atom. The molecule has 6 nitrogen and oxygen atoms in total. The molecule has 0 aliphatic carbocycles. The van der Waals surface area contributed by atoms with Crippen molar-refractivity contribution in [2.75, 3.05) is 5.32 Å². The highest BCUT2D eigenvalue weighted by Crippen LogP contribution is 2.43. The van der Waals surface area contributed by atoms with Gasteiger partial charge in [0, 0.05) is 18.3 Å². The van der Waals surface area contributed by atoms with Crippen LogP contribution in [0.4, 0.5) is 10.5 Å². The second-order valence-electron chi connectivity index (χ2n) is 6.49. The first kappa shape index (κ1) is 17.0. The number of carbonyl (C=O) groups is 1. The van der Waals surface area contributed by atoms with Gasteiger partial charge < -0.3 is 15.2 Å². The van der Waals surface area contributed by atoms with E-state index in [1.165, 1.54) is 12.1 Å². The van der Waals surface area contributed by atoms with Gasteiger partial charge in [-0.25, -0.2) is 4.79 Å². The second-order valence-corrected chi connectivity index (χ2v) is 7.30. The zero-order chi connectivity index (χ0) is 18.4. The summed E-state index contributed by atoms with van der Waals surface area (Å²) in [5.41, 5.74) is 2.43. The molecule has 26 heavy (non-hydrogen) atoms. The van der Waals surface area contributed by atoms with Crippen LogP contribution in [0.15, 0.2) is 29.2 Å². The van der Waals surface area contributed by atoms with Gasteiger partial charge in [-0.1, -0.05) is 23.2 Å². The minimum Gasteiger partial charge on any atom is -0.329 e. The van der Waals surface area contributed by atoms with Crippen LogP contribution >= 0.6 is 23.2 Å². The molecule has 2 aliphatic rings. The molecule has 1 aromatic carbocycles. The first-order chi connectivity index (χ1) is 12.5. The molecule has 1 aromatic heterocycles. The Balaban J connectivity index is 1.64. The number of aromatic nitrogens is 1. The average molecular weight is 389 g/mol. The molecule has 3 heterocycles. The molecular formula is C18H14Cl2N4O2. The third-order valence-corrected chi connectivity index (χ3v) is 5.74. The number of rotatable bonds is 1. The SMILES string of the molecule is N#Cc1cc(Cl)c(Cl)cc1NC(=O)N1[C@H]2CC[C@@H]1c1c[nH]c(=O)cc1C2. The smallest absolute Gasteiger partial charge is 0.322 e. The van der Waals surface area contributed by atoms with E-state index in [0.717, 1.165) is 24.0 Å². The number of hydrogen-bond donors (Lipinski definition) is 2. The van der Waals surface area contributed by atoms with Gasteiger partial charge in [0.2, 0.25) is 5.56 Å². The molecule has 0 unspecified atom stereocenters. The molecular weight excluding hydrogens is 375 g/mol. The van der Waals surface area contributed by atoms with Crippen LogP contribution in [0, 0.1) is 11.3 Å². The van der Waals surface area contributed by atoms with Crippen molar-refractivity contribution in [3.8, 4) is 6.07 Å². The van der Waals surface area contributed by atoms with E-state index in [9.17, 15) is 14.9 Å². The quantitative estimate of drug-likeness (QED) is 0.777. The van der Waals surface area contributed by atoms with E-state index in [4.69, 9.17) is 23.2 Å². The topological polar surface area (TPSA) is 89.0 Å². The lowest BCUT2D eigenvalue weighted by Gasteiger charge is -2.36. The number of hydrogen-bond acceptors (Lipinski definition) is 3. The minimum absolute atomic E-state index is 0.0302. The molecule has 2 atom stereocenters. The van der Waals surface area contributed by atoms with Crippen molar-refractivity contribution in [3.63, 3.8) is 0 Å². The van der Waals surface area contributed by atoms with Crippen molar-refractivity contribution in [1.29, 1.82) is 5.26 Å². The van der Waals surface area contributed by atoms with Crippen LogP contribution in [0.2, 0.25) is 10.0 Å². The highest BCUT2D eigenvalue weighted by Gasteiger charge is 2.42. The first-order valence-corrected chi connectivity index (χ1v) is 8.93. The summed E-state index contributed by atoms with van der Waals surface area (Å²) in [5, 5.41) is 12.6. The molecule has 8 heteroatoms. The van der Waals surface area contributed by atoms with E-state index < -0.39 is 0 Å². The summed E-state index contributed by atoms with van der Waals surface area (Å²) in [6, 6.07) is 6.20. The molecule has 0 radical (unpaired) electrons. The van der Waals surface area contributed by atoms with Crippen molar-refractivity contribution in [2.45, 2.75) is 31.3 Å². The predicted octanol–water partition coefficient (Wildman–Crippen LogP) is 3.85. The molecule has 1 fully saturated rings. The molecule has 2 amide bonds. The van der Waals surface area contributed by atoms with E-state index in [-0.39, 0.29) is 39.3 Å². The standard InChI is InChI=1S/C18H14Cl2N4O2/c19-13-4-10(7-21)15(6-14(13)20)23-18(26)24-11-1-2-16(24)12-8-22-17(25)5-9(12)3-11/h4-6,8,11,16H,1-3H2,(H,22,25)(H,23,26)/t11-,16+/m0/s1. The van der Waals surface area contributed by atoms with Crippen molar-refractivity contribution < 1.29 is 4.79 Å². The molecule has 2 N–H and O–H groups in total. The maximum absolute atomic E-state index is 12.9. The number of nitrogens with zero attached hydrogens (tertiary/aromatic N) is 2. The summed E-state index contributed by atoms with van der Waals surface area (Å²) in [4.78, 5) is 29.0. The van der Waals surface area contributed by atoms with Crippen molar-refractivity contribution in [2.24, 2.45) is 0 Å². The van der Waals surface area contributed by atoms with Crippen LogP contribution in [0.1, 0.15) is 35.6 Å². The summed E-state index contributed by atoms with van der Waals surface area (Å²) in [5.74, 6) is 0. The number of aromatic amines is 1. The van der Waals surface area contributed by atoms with Gasteiger partial charge >= 0.3 is 6.03 Å². The number of urea groups is 1. The van der Waals surface area contributed by atoms with Crippen molar-refractivity contribution >= 4 is 34.9 Å². The zero-order valence-electron chi connectivity index (χ0n) is 13.6. The number of nitrogens with one attached hydrogen (secondary N) is 2. The van der Waals surface area contributed by atoms with Gasteiger partial charge in [-0.2, -0.15) is 5.26 Å². The third-order valence-electron chi connectivity index (χ3n) is 5.02. The van der Waals surface area contributed by atoms with Crippen LogP contribution in [0.5, 0.6) is 0 Å². The van der Waals surface area contributed by atoms with Crippen LogP contribution in [-0.4, -0.2) is 22.0 Å². The Kier molecular flexibility index (Phi) is 4.14. The average Bonchev–Trinajstić information content (AvgIpc) is 2.93. The summed E-state index contributed by atoms with van der Waals surface area (Å²) in [7, 11) is 0. The predicted molar refractivity (Wildman–Crippen MR) is 98.6 cm³/mol. The number of fused-ring (bicyclic) bond motifs is 4. The van der Waals surface area contributed by atoms with Gasteiger partial charge in [0.15, 0.2) is 0 Å². The molecule has 2 aliphatic heterocycles. The number of nitriles is 1. The van der Waals surface area contributed by atoms with E-state index >= 15 is 0 Å². The number of amides is 2. The second kappa shape index (κ2) is 6.35. The van der Waals surface area contributed by atoms with E-state index in [1.807, 2.05) is 6.07 Å². The Morgan fingerprint density at radius 2 is 2.04 bits per heavy atom. The van der Waals surface area contributed by atoms with Gasteiger partial charge in [-0.15, -0.1) is 0 Å². The summed E-state index contributed by atoms with van der Waals surface area (Å²) in [6.07, 6.45) is 4.05. The Morgan fingerprint density at radius 1 is 1.27 bits per heavy atom. The fraction of sp³-hybridized carbons (Fsp3) is 0.278. The lowest BCUT2D eigenvalue weighted by atomic mass is 9.95. The molecule has 0 spiro atoms. The van der Waals surface area contributed by atoms with Gasteiger partial charge in [0.25, 0.3) is 0 Å².